The molecule has 0 unspecified atom stereocenters. The largest absolute Gasteiger partial charge is 0.449 e. The van der Waals surface area contributed by atoms with Gasteiger partial charge in [-0.2, -0.15) is 13.2 Å². The maximum atomic E-state index is 12.8. The van der Waals surface area contributed by atoms with Crippen molar-refractivity contribution in [1.29, 1.82) is 0 Å². The van der Waals surface area contributed by atoms with Crippen LogP contribution in [0.1, 0.15) is 12.7 Å². The zero-order valence-corrected chi connectivity index (χ0v) is 11.2. The average molecular weight is 318 g/mol. The van der Waals surface area contributed by atoms with E-state index in [1.807, 2.05) is 0 Å². The monoisotopic (exact) mass is 316 g/mol. The molecule has 2 rings (SSSR count). The van der Waals surface area contributed by atoms with Crippen LogP contribution in [0.15, 0.2) is 6.07 Å². The van der Waals surface area contributed by atoms with Gasteiger partial charge in [0.25, 0.3) is 0 Å². The van der Waals surface area contributed by atoms with Gasteiger partial charge in [-0.25, -0.2) is 4.98 Å². The van der Waals surface area contributed by atoms with E-state index in [2.05, 4.69) is 4.98 Å². The number of fused-ring (bicyclic) bond motifs is 1. The molecule has 98 valence electrons. The van der Waals surface area contributed by atoms with Crippen LogP contribution in [-0.4, -0.2) is 9.55 Å². The Hall–Kier alpha value is -0.650. The molecule has 1 aromatic carbocycles. The molecule has 1 heterocycles. The lowest BCUT2D eigenvalue weighted by Gasteiger charge is -2.08. The predicted octanol–water partition coefficient (Wildman–Crippen LogP) is 5.04. The maximum absolute atomic E-state index is 12.8. The van der Waals surface area contributed by atoms with Crippen LogP contribution < -0.4 is 0 Å². The highest BCUT2D eigenvalue weighted by Gasteiger charge is 2.37. The number of halogens is 6. The van der Waals surface area contributed by atoms with Gasteiger partial charge in [0.05, 0.1) is 20.6 Å². The van der Waals surface area contributed by atoms with Crippen LogP contribution in [0.4, 0.5) is 13.2 Å². The number of benzene rings is 1. The summed E-state index contributed by atoms with van der Waals surface area (Å²) in [6, 6.07) is 1.33. The normalized spacial score (nSPS) is 12.4. The van der Waals surface area contributed by atoms with Crippen molar-refractivity contribution in [3.8, 4) is 0 Å². The van der Waals surface area contributed by atoms with Crippen LogP contribution in [0.2, 0.25) is 15.1 Å². The van der Waals surface area contributed by atoms with E-state index in [1.54, 1.807) is 6.92 Å². The quantitative estimate of drug-likeness (QED) is 0.674. The van der Waals surface area contributed by atoms with Crippen LogP contribution in [-0.2, 0) is 12.7 Å². The summed E-state index contributed by atoms with van der Waals surface area (Å²) in [5.74, 6) is -1.01. The topological polar surface area (TPSA) is 17.8 Å². The first-order chi connectivity index (χ1) is 8.27. The van der Waals surface area contributed by atoms with E-state index >= 15 is 0 Å². The summed E-state index contributed by atoms with van der Waals surface area (Å²) in [5.41, 5.74) is 0.212. The molecule has 1 aromatic heterocycles. The van der Waals surface area contributed by atoms with Gasteiger partial charge in [-0.1, -0.05) is 34.8 Å². The fourth-order valence-corrected chi connectivity index (χ4v) is 2.33. The number of hydrogen-bond acceptors (Lipinski definition) is 1. The van der Waals surface area contributed by atoms with E-state index in [4.69, 9.17) is 34.8 Å². The minimum atomic E-state index is -4.56. The van der Waals surface area contributed by atoms with Crippen LogP contribution in [0.3, 0.4) is 0 Å². The Kier molecular flexibility index (Phi) is 3.42. The van der Waals surface area contributed by atoms with E-state index in [0.29, 0.717) is 0 Å². The van der Waals surface area contributed by atoms with Gasteiger partial charge in [0, 0.05) is 6.54 Å². The van der Waals surface area contributed by atoms with Crippen molar-refractivity contribution in [2.75, 3.05) is 0 Å². The fraction of sp³-hybridized carbons (Fsp3) is 0.300. The van der Waals surface area contributed by atoms with Gasteiger partial charge in [0.1, 0.15) is 5.52 Å². The minimum Gasteiger partial charge on any atom is -0.321 e. The lowest BCUT2D eigenvalue weighted by molar-refractivity contribution is -0.146. The van der Waals surface area contributed by atoms with Crippen LogP contribution >= 0.6 is 34.8 Å². The van der Waals surface area contributed by atoms with Crippen LogP contribution in [0.5, 0.6) is 0 Å². The molecule has 8 heteroatoms. The molecule has 0 aliphatic carbocycles. The van der Waals surface area contributed by atoms with Crippen molar-refractivity contribution >= 4 is 45.8 Å². The van der Waals surface area contributed by atoms with Gasteiger partial charge in [-0.3, -0.25) is 0 Å². The van der Waals surface area contributed by atoms with E-state index in [9.17, 15) is 13.2 Å². The summed E-state index contributed by atoms with van der Waals surface area (Å²) in [7, 11) is 0. The first kappa shape index (κ1) is 13.8. The van der Waals surface area contributed by atoms with Crippen molar-refractivity contribution < 1.29 is 13.2 Å². The standard InChI is InChI=1S/C10H6Cl3F3N2/c1-2-18-5-3-4(11)6(12)7(13)8(5)17-9(18)10(14,15)16/h3H,2H2,1H3. The Balaban J connectivity index is 2.90. The molecule has 0 fully saturated rings. The summed E-state index contributed by atoms with van der Waals surface area (Å²) in [6.07, 6.45) is -4.56. The number of alkyl halides is 3. The number of imidazole rings is 1. The van der Waals surface area contributed by atoms with Gasteiger partial charge >= 0.3 is 6.18 Å². The molecule has 0 bridgehead atoms. The third kappa shape index (κ3) is 2.04. The zero-order chi connectivity index (χ0) is 13.7. The lowest BCUT2D eigenvalue weighted by atomic mass is 10.3. The van der Waals surface area contributed by atoms with Crippen LogP contribution in [0.25, 0.3) is 11.0 Å². The second-order valence-corrected chi connectivity index (χ2v) is 4.69. The predicted molar refractivity (Wildman–Crippen MR) is 65.4 cm³/mol. The summed E-state index contributed by atoms with van der Waals surface area (Å²) < 4.78 is 39.4. The summed E-state index contributed by atoms with van der Waals surface area (Å²) >= 11 is 17.5. The maximum Gasteiger partial charge on any atom is 0.449 e. The molecular formula is C10H6Cl3F3N2. The second kappa shape index (κ2) is 4.47. The molecule has 0 N–H and O–H groups in total. The number of rotatable bonds is 1. The van der Waals surface area contributed by atoms with Gasteiger partial charge in [0.2, 0.25) is 5.82 Å². The molecule has 0 saturated heterocycles. The molecule has 2 nitrogen and oxygen atoms in total. The highest BCUT2D eigenvalue weighted by Crippen LogP contribution is 2.39. The Morgan fingerprint density at radius 2 is 1.83 bits per heavy atom. The Morgan fingerprint density at radius 1 is 1.22 bits per heavy atom. The number of aromatic nitrogens is 2. The lowest BCUT2D eigenvalue weighted by Crippen LogP contribution is -2.14. The molecule has 0 atom stereocenters. The van der Waals surface area contributed by atoms with E-state index in [-0.39, 0.29) is 32.6 Å². The number of hydrogen-bond donors (Lipinski definition) is 0. The van der Waals surface area contributed by atoms with Crippen molar-refractivity contribution in [2.45, 2.75) is 19.6 Å². The Labute approximate surface area is 115 Å². The molecule has 0 spiro atoms. The van der Waals surface area contributed by atoms with E-state index in [1.165, 1.54) is 6.07 Å². The molecule has 0 amide bonds. The number of aryl methyl sites for hydroxylation is 1. The van der Waals surface area contributed by atoms with Gasteiger partial charge in [0.15, 0.2) is 0 Å². The van der Waals surface area contributed by atoms with Gasteiger partial charge < -0.3 is 4.57 Å². The minimum absolute atomic E-state index is 0.000224. The highest BCUT2D eigenvalue weighted by molar-refractivity contribution is 6.50. The summed E-state index contributed by atoms with van der Waals surface area (Å²) in [5, 5.41) is 0.0228. The van der Waals surface area contributed by atoms with Crippen molar-refractivity contribution in [3.05, 3.63) is 27.0 Å². The Bertz CT molecular complexity index is 619. The Morgan fingerprint density at radius 3 is 2.33 bits per heavy atom. The van der Waals surface area contributed by atoms with E-state index < -0.39 is 12.0 Å². The molecule has 18 heavy (non-hydrogen) atoms. The third-order valence-corrected chi connectivity index (χ3v) is 3.70. The molecule has 0 aliphatic heterocycles. The molecule has 0 saturated carbocycles. The first-order valence-corrected chi connectivity index (χ1v) is 6.01. The summed E-state index contributed by atoms with van der Waals surface area (Å²) in [4.78, 5) is 3.52. The van der Waals surface area contributed by atoms with Gasteiger partial charge in [-0.15, -0.1) is 0 Å². The summed E-state index contributed by atoms with van der Waals surface area (Å²) in [6.45, 7) is 1.67. The van der Waals surface area contributed by atoms with Crippen molar-refractivity contribution in [2.24, 2.45) is 0 Å². The van der Waals surface area contributed by atoms with Crippen molar-refractivity contribution in [3.63, 3.8) is 0 Å². The van der Waals surface area contributed by atoms with Crippen molar-refractivity contribution in [1.82, 2.24) is 9.55 Å². The smallest absolute Gasteiger partial charge is 0.321 e. The molecular weight excluding hydrogens is 311 g/mol. The highest BCUT2D eigenvalue weighted by atomic mass is 35.5. The van der Waals surface area contributed by atoms with E-state index in [0.717, 1.165) is 4.57 Å². The zero-order valence-electron chi connectivity index (χ0n) is 8.95. The third-order valence-electron chi connectivity index (χ3n) is 2.45. The molecule has 0 radical (unpaired) electrons. The SMILES string of the molecule is CCn1c(C(F)(F)F)nc2c(Cl)c(Cl)c(Cl)cc21. The number of nitrogens with zero attached hydrogens (tertiary/aromatic N) is 2. The molecule has 2 aromatic rings. The average Bonchev–Trinajstić information content (AvgIpc) is 2.64. The van der Waals surface area contributed by atoms with Gasteiger partial charge in [-0.05, 0) is 13.0 Å². The molecule has 0 aliphatic rings. The van der Waals surface area contributed by atoms with Crippen LogP contribution in [0, 0.1) is 0 Å². The first-order valence-electron chi connectivity index (χ1n) is 4.88. The second-order valence-electron chi connectivity index (χ2n) is 3.53. The fourth-order valence-electron chi connectivity index (χ4n) is 1.70.